The Balaban J connectivity index is 2.37. The summed E-state index contributed by atoms with van der Waals surface area (Å²) in [4.78, 5) is 37.5. The first-order valence-corrected chi connectivity index (χ1v) is 14.3. The van der Waals surface area contributed by atoms with Gasteiger partial charge in [-0.25, -0.2) is 0 Å². The monoisotopic (exact) mass is 594 g/mol. The molecule has 0 aromatic heterocycles. The summed E-state index contributed by atoms with van der Waals surface area (Å²) in [6.07, 6.45) is 4.72. The van der Waals surface area contributed by atoms with Crippen molar-refractivity contribution < 1.29 is 38.1 Å². The van der Waals surface area contributed by atoms with Gasteiger partial charge in [0.1, 0.15) is 17.2 Å². The van der Waals surface area contributed by atoms with Crippen molar-refractivity contribution in [3.05, 3.63) is 71.8 Å². The predicted octanol–water partition coefficient (Wildman–Crippen LogP) is 7.68. The molecule has 0 saturated heterocycles. The van der Waals surface area contributed by atoms with Gasteiger partial charge in [-0.2, -0.15) is 0 Å². The van der Waals surface area contributed by atoms with Crippen LogP contribution in [0.4, 0.5) is 0 Å². The number of carbonyl (C=O) groups excluding carboxylic acids is 3. The molecule has 0 fully saturated rings. The molecule has 8 heteroatoms. The highest BCUT2D eigenvalue weighted by Crippen LogP contribution is 2.41. The Morgan fingerprint density at radius 1 is 0.791 bits per heavy atom. The van der Waals surface area contributed by atoms with Gasteiger partial charge >= 0.3 is 11.9 Å². The van der Waals surface area contributed by atoms with E-state index in [0.717, 1.165) is 5.56 Å². The minimum atomic E-state index is -0.693. The Morgan fingerprint density at radius 2 is 1.33 bits per heavy atom. The second-order valence-electron chi connectivity index (χ2n) is 13.1. The van der Waals surface area contributed by atoms with E-state index in [9.17, 15) is 14.4 Å². The molecule has 0 radical (unpaired) electrons. The van der Waals surface area contributed by atoms with Gasteiger partial charge in [0, 0.05) is 16.5 Å². The lowest BCUT2D eigenvalue weighted by atomic mass is 9.83. The zero-order valence-corrected chi connectivity index (χ0v) is 27.2. The molecule has 2 aromatic rings. The third-order valence-electron chi connectivity index (χ3n) is 6.30. The van der Waals surface area contributed by atoms with Crippen LogP contribution >= 0.6 is 0 Å². The minimum absolute atomic E-state index is 0.150. The van der Waals surface area contributed by atoms with Gasteiger partial charge in [0.05, 0.1) is 22.5 Å². The molecule has 43 heavy (non-hydrogen) atoms. The van der Waals surface area contributed by atoms with E-state index in [-0.39, 0.29) is 31.4 Å². The van der Waals surface area contributed by atoms with Gasteiger partial charge in [-0.05, 0) is 97.9 Å². The van der Waals surface area contributed by atoms with Crippen molar-refractivity contribution in [2.24, 2.45) is 10.8 Å². The number of carbonyl (C=O) groups is 3. The largest absolute Gasteiger partial charge is 0.490 e. The van der Waals surface area contributed by atoms with Crippen molar-refractivity contribution in [3.8, 4) is 17.2 Å². The summed E-state index contributed by atoms with van der Waals surface area (Å²) in [5, 5.41) is 0. The molecule has 0 amide bonds. The van der Waals surface area contributed by atoms with Gasteiger partial charge < -0.3 is 23.7 Å². The fourth-order valence-corrected chi connectivity index (χ4v) is 3.57. The average molecular weight is 595 g/mol. The number of esters is 2. The summed E-state index contributed by atoms with van der Waals surface area (Å²) < 4.78 is 28.2. The van der Waals surface area contributed by atoms with Gasteiger partial charge in [-0.1, -0.05) is 26.0 Å². The Bertz CT molecular complexity index is 1320. The van der Waals surface area contributed by atoms with Crippen molar-refractivity contribution in [3.63, 3.8) is 0 Å². The van der Waals surface area contributed by atoms with Gasteiger partial charge in [0.25, 0.3) is 0 Å². The van der Waals surface area contributed by atoms with Crippen molar-refractivity contribution >= 4 is 23.8 Å². The quantitative estimate of drug-likeness (QED) is 0.0766. The van der Waals surface area contributed by atoms with E-state index in [1.165, 1.54) is 6.08 Å². The first-order chi connectivity index (χ1) is 19.9. The fraction of sp³-hybridized carbons (Fsp3) is 0.457. The van der Waals surface area contributed by atoms with Gasteiger partial charge in [0.2, 0.25) is 13.6 Å². The van der Waals surface area contributed by atoms with E-state index < -0.39 is 22.2 Å². The van der Waals surface area contributed by atoms with E-state index in [0.29, 0.717) is 28.4 Å². The molecule has 0 bridgehead atoms. The Morgan fingerprint density at radius 3 is 1.81 bits per heavy atom. The molecular formula is C35H46O8. The van der Waals surface area contributed by atoms with Crippen LogP contribution in [-0.4, -0.2) is 37.4 Å². The highest BCUT2D eigenvalue weighted by molar-refractivity contribution is 6.07. The standard InChI is InChI=1S/C35H46O8/c1-12-35(10,11)27-18-20-29(43-23(2)3)26(30(27)40-22-42-32(38)34(7,8)9)17-19-28(36)24-13-15-25(16-14-24)39-21-41-31(37)33(4,5)6/h12-20,23H,1,21-22H2,2-11H3/b19-17+. The molecule has 0 aliphatic carbocycles. The van der Waals surface area contributed by atoms with Crippen molar-refractivity contribution in [2.45, 2.75) is 80.8 Å². The van der Waals surface area contributed by atoms with Crippen LogP contribution in [0.2, 0.25) is 0 Å². The van der Waals surface area contributed by atoms with Crippen molar-refractivity contribution in [1.82, 2.24) is 0 Å². The zero-order valence-electron chi connectivity index (χ0n) is 27.2. The molecule has 0 heterocycles. The lowest BCUT2D eigenvalue weighted by Gasteiger charge is -2.27. The summed E-state index contributed by atoms with van der Waals surface area (Å²) >= 11 is 0. The minimum Gasteiger partial charge on any atom is -0.490 e. The Labute approximate surface area is 256 Å². The zero-order chi connectivity index (χ0) is 32.6. The third kappa shape index (κ3) is 10.3. The SMILES string of the molecule is C=CC(C)(C)c1ccc(OC(C)C)c(/C=C/C(=O)c2ccc(OCOC(=O)C(C)(C)C)cc2)c1OCOC(=O)C(C)(C)C. The van der Waals surface area contributed by atoms with Crippen molar-refractivity contribution in [2.75, 3.05) is 13.6 Å². The van der Waals surface area contributed by atoms with E-state index in [1.54, 1.807) is 78.0 Å². The van der Waals surface area contributed by atoms with Crippen molar-refractivity contribution in [1.29, 1.82) is 0 Å². The van der Waals surface area contributed by atoms with Crippen LogP contribution in [0.25, 0.3) is 6.08 Å². The summed E-state index contributed by atoms with van der Waals surface area (Å²) in [7, 11) is 0. The lowest BCUT2D eigenvalue weighted by Crippen LogP contribution is -2.25. The fourth-order valence-electron chi connectivity index (χ4n) is 3.57. The molecule has 8 nitrogen and oxygen atoms in total. The number of ketones is 1. The highest BCUT2D eigenvalue weighted by Gasteiger charge is 2.27. The first-order valence-electron chi connectivity index (χ1n) is 14.3. The molecule has 2 rings (SSSR count). The summed E-state index contributed by atoms with van der Waals surface area (Å²) in [6.45, 7) is 21.8. The number of rotatable bonds is 13. The second-order valence-corrected chi connectivity index (χ2v) is 13.1. The molecule has 0 saturated carbocycles. The number of allylic oxidation sites excluding steroid dienone is 2. The molecule has 0 spiro atoms. The van der Waals surface area contributed by atoms with Crippen LogP contribution in [0.15, 0.2) is 55.1 Å². The maximum absolute atomic E-state index is 13.2. The van der Waals surface area contributed by atoms with E-state index in [4.69, 9.17) is 23.7 Å². The van der Waals surface area contributed by atoms with Gasteiger partial charge in [-0.15, -0.1) is 6.58 Å². The molecule has 0 unspecified atom stereocenters. The molecular weight excluding hydrogens is 548 g/mol. The normalized spacial score (nSPS) is 12.2. The summed E-state index contributed by atoms with van der Waals surface area (Å²) in [5.41, 5.74) is -0.0984. The first kappa shape index (κ1) is 35.1. The molecule has 234 valence electrons. The van der Waals surface area contributed by atoms with Crippen LogP contribution < -0.4 is 14.2 Å². The van der Waals surface area contributed by atoms with Crippen LogP contribution in [-0.2, 0) is 24.5 Å². The number of hydrogen-bond donors (Lipinski definition) is 0. The van der Waals surface area contributed by atoms with Gasteiger partial charge in [-0.3, -0.25) is 14.4 Å². The number of ether oxygens (including phenoxy) is 5. The topological polar surface area (TPSA) is 97.4 Å². The van der Waals surface area contributed by atoms with E-state index >= 15 is 0 Å². The molecule has 0 N–H and O–H groups in total. The van der Waals surface area contributed by atoms with E-state index in [2.05, 4.69) is 6.58 Å². The van der Waals surface area contributed by atoms with Crippen LogP contribution in [0.3, 0.4) is 0 Å². The molecule has 2 aromatic carbocycles. The van der Waals surface area contributed by atoms with Crippen LogP contribution in [0.5, 0.6) is 17.2 Å². The van der Waals surface area contributed by atoms with Crippen LogP contribution in [0.1, 0.15) is 90.7 Å². The smallest absolute Gasteiger partial charge is 0.314 e. The third-order valence-corrected chi connectivity index (χ3v) is 6.30. The highest BCUT2D eigenvalue weighted by atomic mass is 16.7. The van der Waals surface area contributed by atoms with E-state index in [1.807, 2.05) is 39.8 Å². The Kier molecular flexibility index (Phi) is 11.8. The van der Waals surface area contributed by atoms with Crippen LogP contribution in [0, 0.1) is 10.8 Å². The van der Waals surface area contributed by atoms with Gasteiger partial charge in [0.15, 0.2) is 5.78 Å². The average Bonchev–Trinajstić information content (AvgIpc) is 2.91. The number of hydrogen-bond acceptors (Lipinski definition) is 8. The maximum atomic E-state index is 13.2. The molecule has 0 aliphatic rings. The predicted molar refractivity (Wildman–Crippen MR) is 167 cm³/mol. The second kappa shape index (κ2) is 14.4. The molecule has 0 aliphatic heterocycles. The molecule has 0 atom stereocenters. The summed E-state index contributed by atoms with van der Waals surface area (Å²) in [5.74, 6) is 0.338. The number of benzene rings is 2. The Hall–Kier alpha value is -4.07. The summed E-state index contributed by atoms with van der Waals surface area (Å²) in [6, 6.07) is 10.2. The lowest BCUT2D eigenvalue weighted by molar-refractivity contribution is -0.160. The maximum Gasteiger partial charge on any atom is 0.314 e.